The van der Waals surface area contributed by atoms with Crippen molar-refractivity contribution in [3.05, 3.63) is 42.6 Å². The molecular weight excluding hydrogens is 317 g/mol. The van der Waals surface area contributed by atoms with Crippen LogP contribution in [0.25, 0.3) is 16.7 Å². The van der Waals surface area contributed by atoms with Crippen molar-refractivity contribution in [3.63, 3.8) is 0 Å². The molecule has 0 saturated carbocycles. The lowest BCUT2D eigenvalue weighted by atomic mass is 9.82. The highest BCUT2D eigenvalue weighted by Crippen LogP contribution is 2.31. The van der Waals surface area contributed by atoms with Crippen LogP contribution in [-0.4, -0.2) is 25.3 Å². The highest BCUT2D eigenvalue weighted by molar-refractivity contribution is 5.87. The highest BCUT2D eigenvalue weighted by atomic mass is 19.1. The van der Waals surface area contributed by atoms with E-state index in [0.717, 1.165) is 17.6 Å². The maximum atomic E-state index is 13.5. The van der Waals surface area contributed by atoms with Gasteiger partial charge in [-0.3, -0.25) is 0 Å². The molecule has 0 aliphatic carbocycles. The minimum absolute atomic E-state index is 0.138. The Morgan fingerprint density at radius 2 is 1.88 bits per heavy atom. The topological polar surface area (TPSA) is 55.6 Å². The molecule has 0 fully saturated rings. The molecule has 0 aliphatic heterocycles. The summed E-state index contributed by atoms with van der Waals surface area (Å²) in [6.45, 7) is 11.0. The Labute approximate surface area is 147 Å². The summed E-state index contributed by atoms with van der Waals surface area (Å²) in [7, 11) is 0. The normalized spacial score (nSPS) is 12.6. The maximum Gasteiger partial charge on any atom is 0.168 e. The fourth-order valence-electron chi connectivity index (χ4n) is 3.43. The molecule has 1 aromatic carbocycles. The van der Waals surface area contributed by atoms with Crippen LogP contribution in [0.15, 0.2) is 36.8 Å². The smallest absolute Gasteiger partial charge is 0.168 e. The van der Waals surface area contributed by atoms with Crippen molar-refractivity contribution in [2.45, 2.75) is 46.6 Å². The van der Waals surface area contributed by atoms with E-state index in [1.54, 1.807) is 23.0 Å². The monoisotopic (exact) mass is 341 g/mol. The Morgan fingerprint density at radius 1 is 1.12 bits per heavy atom. The molecule has 1 N–H and O–H groups in total. The van der Waals surface area contributed by atoms with Crippen molar-refractivity contribution in [2.24, 2.45) is 5.41 Å². The van der Waals surface area contributed by atoms with E-state index in [2.05, 4.69) is 55.0 Å². The van der Waals surface area contributed by atoms with Gasteiger partial charge in [0.15, 0.2) is 5.65 Å². The number of fused-ring (bicyclic) bond motifs is 1. The van der Waals surface area contributed by atoms with Gasteiger partial charge >= 0.3 is 0 Å². The first-order chi connectivity index (χ1) is 11.6. The Bertz CT molecular complexity index is 892. The van der Waals surface area contributed by atoms with Gasteiger partial charge in [0.2, 0.25) is 0 Å². The molecule has 0 unspecified atom stereocenters. The van der Waals surface area contributed by atoms with Gasteiger partial charge in [-0.2, -0.15) is 5.10 Å². The van der Waals surface area contributed by atoms with Crippen molar-refractivity contribution in [2.75, 3.05) is 5.32 Å². The van der Waals surface area contributed by atoms with Crippen molar-refractivity contribution >= 4 is 16.9 Å². The molecular formula is C19H24FN5. The van der Waals surface area contributed by atoms with E-state index in [4.69, 9.17) is 0 Å². The van der Waals surface area contributed by atoms with E-state index in [1.807, 2.05) is 0 Å². The zero-order valence-electron chi connectivity index (χ0n) is 15.3. The van der Waals surface area contributed by atoms with E-state index >= 15 is 0 Å². The minimum Gasteiger partial charge on any atom is -0.364 e. The summed E-state index contributed by atoms with van der Waals surface area (Å²) in [6, 6.07) is 6.30. The SMILES string of the molecule is CC(C)(C)CC(C)(C)Nc1ncnc2c1cnn2-c1cccc(F)c1. The Morgan fingerprint density at radius 3 is 2.56 bits per heavy atom. The van der Waals surface area contributed by atoms with Crippen LogP contribution in [0.5, 0.6) is 0 Å². The summed E-state index contributed by atoms with van der Waals surface area (Å²) >= 11 is 0. The van der Waals surface area contributed by atoms with Crippen molar-refractivity contribution in [3.8, 4) is 5.69 Å². The molecule has 25 heavy (non-hydrogen) atoms. The maximum absolute atomic E-state index is 13.5. The van der Waals surface area contributed by atoms with Crippen LogP contribution in [0, 0.1) is 11.2 Å². The lowest BCUT2D eigenvalue weighted by Gasteiger charge is -2.33. The molecule has 0 saturated heterocycles. The van der Waals surface area contributed by atoms with Crippen LogP contribution in [0.2, 0.25) is 0 Å². The van der Waals surface area contributed by atoms with Gasteiger partial charge in [0.25, 0.3) is 0 Å². The number of hydrogen-bond donors (Lipinski definition) is 1. The third-order valence-corrected chi connectivity index (χ3v) is 3.85. The summed E-state index contributed by atoms with van der Waals surface area (Å²) in [6.07, 6.45) is 4.20. The molecule has 0 radical (unpaired) electrons. The molecule has 0 atom stereocenters. The Balaban J connectivity index is 1.99. The molecule has 3 aromatic rings. The van der Waals surface area contributed by atoms with Gasteiger partial charge in [0.1, 0.15) is 18.0 Å². The highest BCUT2D eigenvalue weighted by Gasteiger charge is 2.26. The number of rotatable bonds is 4. The summed E-state index contributed by atoms with van der Waals surface area (Å²) in [5.74, 6) is 0.432. The zero-order valence-corrected chi connectivity index (χ0v) is 15.3. The molecule has 132 valence electrons. The molecule has 5 nitrogen and oxygen atoms in total. The van der Waals surface area contributed by atoms with Gasteiger partial charge < -0.3 is 5.32 Å². The second kappa shape index (κ2) is 6.10. The summed E-state index contributed by atoms with van der Waals surface area (Å²) in [4.78, 5) is 8.74. The van der Waals surface area contributed by atoms with Crippen LogP contribution in [-0.2, 0) is 0 Å². The van der Waals surface area contributed by atoms with E-state index in [-0.39, 0.29) is 16.8 Å². The summed E-state index contributed by atoms with van der Waals surface area (Å²) in [5.41, 5.74) is 1.33. The number of aromatic nitrogens is 4. The van der Waals surface area contributed by atoms with Gasteiger partial charge in [-0.25, -0.2) is 19.0 Å². The first-order valence-corrected chi connectivity index (χ1v) is 8.38. The number of nitrogens with zero attached hydrogens (tertiary/aromatic N) is 4. The van der Waals surface area contributed by atoms with E-state index in [0.29, 0.717) is 11.3 Å². The number of hydrogen-bond acceptors (Lipinski definition) is 4. The second-order valence-electron chi connectivity index (χ2n) is 8.24. The molecule has 0 aliphatic rings. The molecule has 6 heteroatoms. The third-order valence-electron chi connectivity index (χ3n) is 3.85. The number of halogens is 1. The molecule has 0 spiro atoms. The lowest BCUT2D eigenvalue weighted by Crippen LogP contribution is -2.35. The Kier molecular flexibility index (Phi) is 4.22. The third kappa shape index (κ3) is 3.95. The van der Waals surface area contributed by atoms with Gasteiger partial charge in [-0.15, -0.1) is 0 Å². The molecule has 2 aromatic heterocycles. The molecule has 0 bridgehead atoms. The average molecular weight is 341 g/mol. The lowest BCUT2D eigenvalue weighted by molar-refractivity contribution is 0.302. The molecule has 3 rings (SSSR count). The average Bonchev–Trinajstić information content (AvgIpc) is 2.89. The van der Waals surface area contributed by atoms with Gasteiger partial charge in [-0.1, -0.05) is 26.8 Å². The van der Waals surface area contributed by atoms with E-state index in [1.165, 1.54) is 18.5 Å². The van der Waals surface area contributed by atoms with Crippen LogP contribution in [0.3, 0.4) is 0 Å². The number of nitrogens with one attached hydrogen (secondary N) is 1. The first-order valence-electron chi connectivity index (χ1n) is 8.38. The van der Waals surface area contributed by atoms with Crippen LogP contribution >= 0.6 is 0 Å². The summed E-state index contributed by atoms with van der Waals surface area (Å²) in [5, 5.41) is 8.71. The Hall–Kier alpha value is -2.50. The minimum atomic E-state index is -0.306. The fraction of sp³-hybridized carbons (Fsp3) is 0.421. The van der Waals surface area contributed by atoms with Gasteiger partial charge in [-0.05, 0) is 43.9 Å². The van der Waals surface area contributed by atoms with Crippen molar-refractivity contribution in [1.82, 2.24) is 19.7 Å². The predicted octanol–water partition coefficient (Wildman–Crippen LogP) is 4.58. The van der Waals surface area contributed by atoms with Gasteiger partial charge in [0.05, 0.1) is 17.3 Å². The second-order valence-corrected chi connectivity index (χ2v) is 8.24. The molecule has 2 heterocycles. The largest absolute Gasteiger partial charge is 0.364 e. The fourth-order valence-corrected chi connectivity index (χ4v) is 3.43. The summed E-state index contributed by atoms with van der Waals surface area (Å²) < 4.78 is 15.2. The zero-order chi connectivity index (χ0) is 18.2. The van der Waals surface area contributed by atoms with Crippen LogP contribution in [0.4, 0.5) is 10.2 Å². The molecule has 0 amide bonds. The van der Waals surface area contributed by atoms with E-state index in [9.17, 15) is 4.39 Å². The van der Waals surface area contributed by atoms with Crippen molar-refractivity contribution < 1.29 is 4.39 Å². The first kappa shape index (κ1) is 17.3. The van der Waals surface area contributed by atoms with Crippen molar-refractivity contribution in [1.29, 1.82) is 0 Å². The van der Waals surface area contributed by atoms with E-state index < -0.39 is 0 Å². The van der Waals surface area contributed by atoms with Gasteiger partial charge in [0, 0.05) is 5.54 Å². The standard InChI is InChI=1S/C19H24FN5/c1-18(2,3)11-19(4,5)24-16-15-10-23-25(17(15)22-12-21-16)14-8-6-7-13(20)9-14/h6-10,12H,11H2,1-5H3,(H,21,22,24). The number of benzene rings is 1. The van der Waals surface area contributed by atoms with Crippen LogP contribution in [0.1, 0.15) is 41.0 Å². The number of anilines is 1. The van der Waals surface area contributed by atoms with Crippen LogP contribution < -0.4 is 5.32 Å². The predicted molar refractivity (Wildman–Crippen MR) is 98.4 cm³/mol. The quantitative estimate of drug-likeness (QED) is 0.754.